The molecule has 0 aliphatic heterocycles. The number of hydrogen-bond acceptors (Lipinski definition) is 4. The summed E-state index contributed by atoms with van der Waals surface area (Å²) in [5.41, 5.74) is 0.938. The van der Waals surface area contributed by atoms with E-state index in [-0.39, 0.29) is 12.6 Å². The van der Waals surface area contributed by atoms with E-state index in [9.17, 15) is 9.90 Å². The third-order valence-electron chi connectivity index (χ3n) is 3.06. The van der Waals surface area contributed by atoms with Gasteiger partial charge < -0.3 is 10.4 Å². The van der Waals surface area contributed by atoms with Gasteiger partial charge in [-0.2, -0.15) is 5.10 Å². The normalized spacial score (nSPS) is 12.2. The summed E-state index contributed by atoms with van der Waals surface area (Å²) >= 11 is 7.11. The lowest BCUT2D eigenvalue weighted by Crippen LogP contribution is -2.32. The molecule has 3 N–H and O–H groups in total. The van der Waals surface area contributed by atoms with Gasteiger partial charge in [0.15, 0.2) is 0 Å². The first-order valence-electron chi connectivity index (χ1n) is 7.00. The van der Waals surface area contributed by atoms with Crippen LogP contribution in [0.3, 0.4) is 0 Å². The number of nitrogens with one attached hydrogen (secondary N) is 2. The van der Waals surface area contributed by atoms with E-state index in [4.69, 9.17) is 11.6 Å². The van der Waals surface area contributed by atoms with Gasteiger partial charge in [0, 0.05) is 18.0 Å². The Kier molecular flexibility index (Phi) is 5.82. The van der Waals surface area contributed by atoms with Crippen LogP contribution in [0.4, 0.5) is 10.6 Å². The Labute approximate surface area is 138 Å². The van der Waals surface area contributed by atoms with E-state index in [1.807, 2.05) is 6.07 Å². The van der Waals surface area contributed by atoms with Crippen molar-refractivity contribution in [3.05, 3.63) is 33.1 Å². The number of carbonyl (C=O) groups is 1. The van der Waals surface area contributed by atoms with Gasteiger partial charge in [-0.25, -0.2) is 4.79 Å². The van der Waals surface area contributed by atoms with Crippen molar-refractivity contribution in [2.75, 3.05) is 11.9 Å². The number of rotatable bonds is 6. The van der Waals surface area contributed by atoms with Gasteiger partial charge >= 0.3 is 6.03 Å². The Bertz CT molecular complexity index is 641. The second kappa shape index (κ2) is 7.62. The maximum absolute atomic E-state index is 11.9. The lowest BCUT2D eigenvalue weighted by atomic mass is 10.2. The molecule has 0 bridgehead atoms. The smallest absolute Gasteiger partial charge is 0.320 e. The molecule has 0 aromatic carbocycles. The first-order chi connectivity index (χ1) is 10.5. The van der Waals surface area contributed by atoms with Crippen LogP contribution < -0.4 is 10.6 Å². The molecule has 0 saturated carbocycles. The molecule has 0 radical (unpaired) electrons. The summed E-state index contributed by atoms with van der Waals surface area (Å²) in [6.45, 7) is 2.19. The molecule has 2 heterocycles. The fourth-order valence-corrected chi connectivity index (χ4v) is 3.03. The van der Waals surface area contributed by atoms with Crippen molar-refractivity contribution in [3.63, 3.8) is 0 Å². The molecule has 0 aliphatic rings. The van der Waals surface area contributed by atoms with Gasteiger partial charge in [0.25, 0.3) is 0 Å². The van der Waals surface area contributed by atoms with Crippen LogP contribution in [0.15, 0.2) is 18.2 Å². The summed E-state index contributed by atoms with van der Waals surface area (Å²) in [5, 5.41) is 19.6. The van der Waals surface area contributed by atoms with Crippen molar-refractivity contribution in [1.29, 1.82) is 0 Å². The van der Waals surface area contributed by atoms with E-state index < -0.39 is 6.10 Å². The maximum Gasteiger partial charge on any atom is 0.320 e. The molecule has 0 aliphatic carbocycles. The van der Waals surface area contributed by atoms with Gasteiger partial charge in [-0.15, -0.1) is 11.3 Å². The highest BCUT2D eigenvalue weighted by Gasteiger charge is 2.13. The van der Waals surface area contributed by atoms with Crippen molar-refractivity contribution in [2.45, 2.75) is 25.9 Å². The molecule has 2 amide bonds. The largest absolute Gasteiger partial charge is 0.386 e. The van der Waals surface area contributed by atoms with E-state index in [1.54, 1.807) is 23.9 Å². The Morgan fingerprint density at radius 1 is 1.55 bits per heavy atom. The lowest BCUT2D eigenvalue weighted by Gasteiger charge is -2.11. The quantitative estimate of drug-likeness (QED) is 0.755. The topological polar surface area (TPSA) is 79.2 Å². The number of aliphatic hydroxyl groups excluding tert-OH is 1. The Hall–Kier alpha value is -1.57. The summed E-state index contributed by atoms with van der Waals surface area (Å²) in [6, 6.07) is 4.93. The van der Waals surface area contributed by atoms with Gasteiger partial charge in [0.05, 0.1) is 16.6 Å². The molecule has 1 atom stereocenters. The van der Waals surface area contributed by atoms with Crippen molar-refractivity contribution < 1.29 is 9.90 Å². The van der Waals surface area contributed by atoms with Crippen LogP contribution in [0.25, 0.3) is 0 Å². The number of anilines is 1. The fourth-order valence-electron chi connectivity index (χ4n) is 1.98. The predicted molar refractivity (Wildman–Crippen MR) is 88.5 cm³/mol. The molecule has 2 rings (SSSR count). The summed E-state index contributed by atoms with van der Waals surface area (Å²) in [6.07, 6.45) is 1.10. The molecule has 120 valence electrons. The molecule has 8 heteroatoms. The molecule has 6 nitrogen and oxygen atoms in total. The first-order valence-corrected chi connectivity index (χ1v) is 8.20. The van der Waals surface area contributed by atoms with Crippen LogP contribution in [-0.4, -0.2) is 27.5 Å². The summed E-state index contributed by atoms with van der Waals surface area (Å²) in [7, 11) is 1.78. The van der Waals surface area contributed by atoms with Crippen LogP contribution in [0.5, 0.6) is 0 Å². The Balaban J connectivity index is 1.85. The van der Waals surface area contributed by atoms with Crippen LogP contribution >= 0.6 is 22.9 Å². The van der Waals surface area contributed by atoms with Crippen LogP contribution in [0, 0.1) is 0 Å². The molecule has 0 spiro atoms. The number of halogens is 1. The van der Waals surface area contributed by atoms with E-state index in [0.717, 1.165) is 23.4 Å². The number of carbonyl (C=O) groups excluding carboxylic acids is 1. The SMILES string of the molecule is CCCc1cc(NC(=O)NCC(O)c2ccc(Cl)s2)n(C)n1. The average molecular weight is 343 g/mol. The standard InChI is InChI=1S/C14H19ClN4O2S/c1-3-4-9-7-13(19(2)18-9)17-14(21)16-8-10(20)11-5-6-12(15)22-11/h5-7,10,20H,3-4,8H2,1-2H3,(H2,16,17,21). The first kappa shape index (κ1) is 16.8. The summed E-state index contributed by atoms with van der Waals surface area (Å²) in [4.78, 5) is 12.6. The van der Waals surface area contributed by atoms with Crippen molar-refractivity contribution in [2.24, 2.45) is 7.05 Å². The third kappa shape index (κ3) is 4.46. The number of aromatic nitrogens is 2. The molecule has 0 saturated heterocycles. The fraction of sp³-hybridized carbons (Fsp3) is 0.429. The van der Waals surface area contributed by atoms with Crippen LogP contribution in [-0.2, 0) is 13.5 Å². The molecule has 2 aromatic heterocycles. The van der Waals surface area contributed by atoms with E-state index >= 15 is 0 Å². The van der Waals surface area contributed by atoms with Crippen molar-refractivity contribution in [1.82, 2.24) is 15.1 Å². The van der Waals surface area contributed by atoms with Crippen molar-refractivity contribution in [3.8, 4) is 0 Å². The number of nitrogens with zero attached hydrogens (tertiary/aromatic N) is 2. The van der Waals surface area contributed by atoms with Gasteiger partial charge in [0.1, 0.15) is 11.9 Å². The van der Waals surface area contributed by atoms with E-state index in [2.05, 4.69) is 22.7 Å². The van der Waals surface area contributed by atoms with E-state index in [1.165, 1.54) is 11.3 Å². The van der Waals surface area contributed by atoms with Gasteiger partial charge in [-0.1, -0.05) is 24.9 Å². The van der Waals surface area contributed by atoms with Crippen molar-refractivity contribution >= 4 is 34.8 Å². The highest BCUT2D eigenvalue weighted by Crippen LogP contribution is 2.26. The minimum absolute atomic E-state index is 0.113. The van der Waals surface area contributed by atoms with E-state index in [0.29, 0.717) is 10.2 Å². The minimum atomic E-state index is -0.773. The Morgan fingerprint density at radius 3 is 2.95 bits per heavy atom. The lowest BCUT2D eigenvalue weighted by molar-refractivity contribution is 0.178. The van der Waals surface area contributed by atoms with Gasteiger partial charge in [-0.3, -0.25) is 10.00 Å². The minimum Gasteiger partial charge on any atom is -0.386 e. The molecule has 22 heavy (non-hydrogen) atoms. The molecule has 1 unspecified atom stereocenters. The average Bonchev–Trinajstić information content (AvgIpc) is 3.04. The number of thiophene rings is 1. The second-order valence-corrected chi connectivity index (χ2v) is 6.63. The predicted octanol–water partition coefficient (Wildman–Crippen LogP) is 2.94. The zero-order valence-electron chi connectivity index (χ0n) is 12.5. The zero-order chi connectivity index (χ0) is 16.1. The maximum atomic E-state index is 11.9. The number of aryl methyl sites for hydroxylation is 2. The van der Waals surface area contributed by atoms with Gasteiger partial charge in [-0.05, 0) is 18.6 Å². The monoisotopic (exact) mass is 342 g/mol. The highest BCUT2D eigenvalue weighted by molar-refractivity contribution is 7.16. The third-order valence-corrected chi connectivity index (χ3v) is 4.39. The number of urea groups is 1. The summed E-state index contributed by atoms with van der Waals surface area (Å²) in [5.74, 6) is 0.620. The molecular weight excluding hydrogens is 324 g/mol. The molecular formula is C14H19ClN4O2S. The Morgan fingerprint density at radius 2 is 2.32 bits per heavy atom. The number of amides is 2. The molecule has 0 fully saturated rings. The number of aliphatic hydroxyl groups is 1. The highest BCUT2D eigenvalue weighted by atomic mass is 35.5. The second-order valence-electron chi connectivity index (χ2n) is 4.89. The summed E-state index contributed by atoms with van der Waals surface area (Å²) < 4.78 is 2.23. The van der Waals surface area contributed by atoms with Crippen LogP contribution in [0.1, 0.15) is 30.0 Å². The van der Waals surface area contributed by atoms with Gasteiger partial charge in [0.2, 0.25) is 0 Å². The van der Waals surface area contributed by atoms with Crippen LogP contribution in [0.2, 0.25) is 4.34 Å². The molecule has 2 aromatic rings. The zero-order valence-corrected chi connectivity index (χ0v) is 14.0. The number of hydrogen-bond donors (Lipinski definition) is 3.